The van der Waals surface area contributed by atoms with Gasteiger partial charge in [0.25, 0.3) is 0 Å². The van der Waals surface area contributed by atoms with Gasteiger partial charge in [-0.3, -0.25) is 0 Å². The third-order valence-corrected chi connectivity index (χ3v) is 2.17. The minimum Gasteiger partial charge on any atom is -0.198 e. The molecule has 0 aliphatic heterocycles. The number of rotatable bonds is 1. The second kappa shape index (κ2) is 5.05. The lowest BCUT2D eigenvalue weighted by molar-refractivity contribution is 1.02. The van der Waals surface area contributed by atoms with Gasteiger partial charge in [0.05, 0.1) is 0 Å². The van der Waals surface area contributed by atoms with Crippen LogP contribution < -0.4 is 0 Å². The van der Waals surface area contributed by atoms with Gasteiger partial charge in [-0.1, -0.05) is 42.5 Å². The molecule has 2 rings (SSSR count). The molecule has 0 bridgehead atoms. The van der Waals surface area contributed by atoms with Crippen LogP contribution in [0, 0.1) is 0 Å². The van der Waals surface area contributed by atoms with Gasteiger partial charge in [0.2, 0.25) is 10.6 Å². The summed E-state index contributed by atoms with van der Waals surface area (Å²) in [5.74, 6) is 0.459. The molecule has 1 aromatic rings. The molecule has 0 unspecified atom stereocenters. The molecule has 3 nitrogen and oxygen atoms in total. The molecule has 0 spiro atoms. The monoisotopic (exact) mass is 251 g/mol. The van der Waals surface area contributed by atoms with E-state index >= 15 is 0 Å². The van der Waals surface area contributed by atoms with Crippen molar-refractivity contribution in [1.29, 1.82) is 0 Å². The highest BCUT2D eigenvalue weighted by Gasteiger charge is 2.05. The van der Waals surface area contributed by atoms with Crippen LogP contribution >= 0.6 is 23.2 Å². The van der Waals surface area contributed by atoms with Gasteiger partial charge < -0.3 is 0 Å². The average Bonchev–Trinajstić information content (AvgIpc) is 2.14. The zero-order valence-electron chi connectivity index (χ0n) is 8.14. The van der Waals surface area contributed by atoms with Crippen LogP contribution in [0.2, 0.25) is 10.6 Å². The second-order valence-electron chi connectivity index (χ2n) is 2.95. The first-order valence-corrected chi connectivity index (χ1v) is 5.30. The molecule has 80 valence electrons. The van der Waals surface area contributed by atoms with Crippen LogP contribution in [-0.4, -0.2) is 15.0 Å². The van der Waals surface area contributed by atoms with E-state index in [1.165, 1.54) is 0 Å². The molecule has 0 saturated heterocycles. The Morgan fingerprint density at radius 3 is 2.12 bits per heavy atom. The lowest BCUT2D eigenvalue weighted by atomic mass is 10.2. The van der Waals surface area contributed by atoms with Crippen molar-refractivity contribution in [2.45, 2.75) is 0 Å². The minimum absolute atomic E-state index is 0.0888. The van der Waals surface area contributed by atoms with Crippen LogP contribution in [0.15, 0.2) is 42.5 Å². The second-order valence-corrected chi connectivity index (χ2v) is 3.62. The number of hydrogen-bond acceptors (Lipinski definition) is 3. The van der Waals surface area contributed by atoms with Crippen molar-refractivity contribution in [2.75, 3.05) is 0 Å². The molecular weight excluding hydrogens is 245 g/mol. The molecular formula is C11H7Cl2N3. The van der Waals surface area contributed by atoms with Crippen LogP contribution in [0.1, 0.15) is 5.82 Å². The van der Waals surface area contributed by atoms with E-state index in [0.29, 0.717) is 5.82 Å². The van der Waals surface area contributed by atoms with Crippen molar-refractivity contribution in [1.82, 2.24) is 15.0 Å². The average molecular weight is 252 g/mol. The van der Waals surface area contributed by atoms with E-state index in [0.717, 1.165) is 5.57 Å². The molecule has 0 atom stereocenters. The van der Waals surface area contributed by atoms with Gasteiger partial charge >= 0.3 is 0 Å². The first kappa shape index (κ1) is 11.0. The number of halogens is 2. The summed E-state index contributed by atoms with van der Waals surface area (Å²) in [6.45, 7) is 0. The zero-order chi connectivity index (χ0) is 11.4. The Labute approximate surface area is 103 Å². The fourth-order valence-corrected chi connectivity index (χ4v) is 1.53. The first-order chi connectivity index (χ1) is 7.75. The zero-order valence-corrected chi connectivity index (χ0v) is 9.65. The highest BCUT2D eigenvalue weighted by molar-refractivity contribution is 6.31. The Balaban J connectivity index is 2.43. The fourth-order valence-electron chi connectivity index (χ4n) is 1.17. The molecule has 0 fully saturated rings. The Bertz CT molecular complexity index is 496. The first-order valence-electron chi connectivity index (χ1n) is 4.55. The minimum atomic E-state index is 0.0888. The van der Waals surface area contributed by atoms with Gasteiger partial charge in [-0.2, -0.15) is 15.0 Å². The molecule has 0 aromatic carbocycles. The van der Waals surface area contributed by atoms with Crippen molar-refractivity contribution in [3.8, 4) is 0 Å². The SMILES string of the molecule is Clc1nc(Cl)nc(C2=C/C=C\C=C/C=C\2)n1. The topological polar surface area (TPSA) is 38.7 Å². The lowest BCUT2D eigenvalue weighted by Gasteiger charge is -2.01. The summed E-state index contributed by atoms with van der Waals surface area (Å²) in [5.41, 5.74) is 0.826. The van der Waals surface area contributed by atoms with Gasteiger partial charge in [-0.15, -0.1) is 0 Å². The van der Waals surface area contributed by atoms with Crippen molar-refractivity contribution in [3.63, 3.8) is 0 Å². The van der Waals surface area contributed by atoms with Gasteiger partial charge in [0.15, 0.2) is 5.82 Å². The van der Waals surface area contributed by atoms with Crippen LogP contribution in [-0.2, 0) is 0 Å². The van der Waals surface area contributed by atoms with Crippen molar-refractivity contribution < 1.29 is 0 Å². The van der Waals surface area contributed by atoms with Gasteiger partial charge in [0, 0.05) is 5.57 Å². The third-order valence-electron chi connectivity index (χ3n) is 1.84. The Hall–Kier alpha value is -1.45. The number of aromatic nitrogens is 3. The molecule has 1 aromatic heterocycles. The number of allylic oxidation sites excluding steroid dienone is 8. The third kappa shape index (κ3) is 2.78. The molecule has 16 heavy (non-hydrogen) atoms. The molecule has 1 aliphatic rings. The summed E-state index contributed by atoms with van der Waals surface area (Å²) < 4.78 is 0. The lowest BCUT2D eigenvalue weighted by Crippen LogP contribution is -1.96. The standard InChI is InChI=1S/C11H7Cl2N3/c12-10-14-9(15-11(13)16-10)8-6-4-2-1-3-5-7-8/h1-7H/b2-1-,3-1?,4-2?,5-3-,6-4-,7-5?,8-6?,8-7+. The Kier molecular flexibility index (Phi) is 3.49. The van der Waals surface area contributed by atoms with E-state index in [1.54, 1.807) is 0 Å². The maximum absolute atomic E-state index is 5.71. The smallest absolute Gasteiger partial charge is 0.198 e. The summed E-state index contributed by atoms with van der Waals surface area (Å²) in [6.07, 6.45) is 13.3. The predicted octanol–water partition coefficient (Wildman–Crippen LogP) is 3.24. The Morgan fingerprint density at radius 1 is 0.750 bits per heavy atom. The van der Waals surface area contributed by atoms with Crippen LogP contribution in [0.5, 0.6) is 0 Å². The van der Waals surface area contributed by atoms with E-state index < -0.39 is 0 Å². The molecule has 0 saturated carbocycles. The molecule has 0 amide bonds. The van der Waals surface area contributed by atoms with Crippen molar-refractivity contribution >= 4 is 28.8 Å². The van der Waals surface area contributed by atoms with E-state index in [4.69, 9.17) is 23.2 Å². The summed E-state index contributed by atoms with van der Waals surface area (Å²) in [4.78, 5) is 11.7. The molecule has 0 N–H and O–H groups in total. The van der Waals surface area contributed by atoms with Gasteiger partial charge in [-0.25, -0.2) is 0 Å². The normalized spacial score (nSPS) is 23.8. The molecule has 1 aliphatic carbocycles. The van der Waals surface area contributed by atoms with E-state index in [-0.39, 0.29) is 10.6 Å². The summed E-state index contributed by atoms with van der Waals surface area (Å²) in [6, 6.07) is 0. The van der Waals surface area contributed by atoms with Crippen LogP contribution in [0.3, 0.4) is 0 Å². The van der Waals surface area contributed by atoms with Crippen molar-refractivity contribution in [2.24, 2.45) is 0 Å². The summed E-state index contributed by atoms with van der Waals surface area (Å²) in [5, 5.41) is 0.178. The van der Waals surface area contributed by atoms with Crippen LogP contribution in [0.25, 0.3) is 5.57 Å². The van der Waals surface area contributed by atoms with Gasteiger partial charge in [0.1, 0.15) is 0 Å². The maximum Gasteiger partial charge on any atom is 0.227 e. The van der Waals surface area contributed by atoms with Crippen molar-refractivity contribution in [3.05, 3.63) is 58.9 Å². The van der Waals surface area contributed by atoms with E-state index in [1.807, 2.05) is 42.5 Å². The predicted molar refractivity (Wildman–Crippen MR) is 65.2 cm³/mol. The fraction of sp³-hybridized carbons (Fsp3) is 0. The summed E-state index contributed by atoms with van der Waals surface area (Å²) >= 11 is 11.4. The quantitative estimate of drug-likeness (QED) is 0.770. The largest absolute Gasteiger partial charge is 0.227 e. The number of nitrogens with zero attached hydrogens (tertiary/aromatic N) is 3. The highest BCUT2D eigenvalue weighted by atomic mass is 35.5. The van der Waals surface area contributed by atoms with E-state index in [2.05, 4.69) is 15.0 Å². The molecule has 1 heterocycles. The Morgan fingerprint density at radius 2 is 1.38 bits per heavy atom. The van der Waals surface area contributed by atoms with Gasteiger partial charge in [-0.05, 0) is 23.2 Å². The highest BCUT2D eigenvalue weighted by Crippen LogP contribution is 2.16. The molecule has 0 radical (unpaired) electrons. The number of hydrogen-bond donors (Lipinski definition) is 0. The summed E-state index contributed by atoms with van der Waals surface area (Å²) in [7, 11) is 0. The van der Waals surface area contributed by atoms with Crippen LogP contribution in [0.4, 0.5) is 0 Å². The molecule has 5 heteroatoms. The maximum atomic E-state index is 5.71. The van der Waals surface area contributed by atoms with E-state index in [9.17, 15) is 0 Å².